The van der Waals surface area contributed by atoms with Crippen LogP contribution in [0.1, 0.15) is 23.2 Å². The van der Waals surface area contributed by atoms with Gasteiger partial charge in [0.1, 0.15) is 11.4 Å². The number of aliphatic carboxylic acids is 1. The summed E-state index contributed by atoms with van der Waals surface area (Å²) in [5, 5.41) is 8.58. The van der Waals surface area contributed by atoms with Crippen molar-refractivity contribution in [1.29, 1.82) is 0 Å². The van der Waals surface area contributed by atoms with Crippen molar-refractivity contribution in [2.24, 2.45) is 0 Å². The van der Waals surface area contributed by atoms with E-state index in [1.807, 2.05) is 0 Å². The summed E-state index contributed by atoms with van der Waals surface area (Å²) in [4.78, 5) is 24.0. The summed E-state index contributed by atoms with van der Waals surface area (Å²) in [5.74, 6) is -1.98. The van der Waals surface area contributed by atoms with Gasteiger partial charge in [0.15, 0.2) is 11.5 Å². The highest BCUT2D eigenvalue weighted by Gasteiger charge is 2.24. The van der Waals surface area contributed by atoms with E-state index in [2.05, 4.69) is 0 Å². The number of benzene rings is 1. The molecule has 0 aliphatic rings. The number of ether oxygens (including phenoxy) is 2. The number of hydrogen-bond donors (Lipinski definition) is 1. The molecule has 0 aliphatic carbocycles. The minimum absolute atomic E-state index is 0.0209. The lowest BCUT2D eigenvalue weighted by atomic mass is 10.1. The summed E-state index contributed by atoms with van der Waals surface area (Å²) >= 11 is 0. The van der Waals surface area contributed by atoms with Crippen molar-refractivity contribution in [3.63, 3.8) is 0 Å². The van der Waals surface area contributed by atoms with Gasteiger partial charge in [0.25, 0.3) is 5.91 Å². The smallest absolute Gasteiger partial charge is 0.303 e. The van der Waals surface area contributed by atoms with E-state index in [9.17, 15) is 14.0 Å². The predicted octanol–water partition coefficient (Wildman–Crippen LogP) is 1.78. The highest BCUT2D eigenvalue weighted by molar-refractivity contribution is 5.98. The fourth-order valence-electron chi connectivity index (χ4n) is 1.86. The molecule has 1 N–H and O–H groups in total. The maximum Gasteiger partial charge on any atom is 0.303 e. The van der Waals surface area contributed by atoms with Crippen LogP contribution in [-0.4, -0.2) is 49.7 Å². The van der Waals surface area contributed by atoms with Crippen LogP contribution in [-0.2, 0) is 4.79 Å². The molecule has 0 radical (unpaired) electrons. The Morgan fingerprint density at radius 3 is 2.48 bits per heavy atom. The van der Waals surface area contributed by atoms with Gasteiger partial charge in [0, 0.05) is 20.0 Å². The number of carboxylic acids is 1. The maximum absolute atomic E-state index is 13.9. The Bertz CT molecular complexity index is 532. The third-order valence-electron chi connectivity index (χ3n) is 2.94. The Labute approximate surface area is 122 Å². The molecule has 1 amide bonds. The van der Waals surface area contributed by atoms with Crippen molar-refractivity contribution in [3.8, 4) is 11.5 Å². The van der Waals surface area contributed by atoms with Gasteiger partial charge in [-0.15, -0.1) is 0 Å². The Morgan fingerprint density at radius 2 is 1.95 bits per heavy atom. The lowest BCUT2D eigenvalue weighted by molar-refractivity contribution is -0.137. The second-order valence-electron chi connectivity index (χ2n) is 4.38. The first-order valence-electron chi connectivity index (χ1n) is 6.30. The van der Waals surface area contributed by atoms with Gasteiger partial charge < -0.3 is 19.5 Å². The van der Waals surface area contributed by atoms with Gasteiger partial charge in [-0.25, -0.2) is 4.39 Å². The van der Waals surface area contributed by atoms with Crippen molar-refractivity contribution in [2.75, 3.05) is 27.8 Å². The van der Waals surface area contributed by atoms with E-state index >= 15 is 0 Å². The quantitative estimate of drug-likeness (QED) is 0.830. The van der Waals surface area contributed by atoms with E-state index in [0.29, 0.717) is 0 Å². The molecule has 0 fully saturated rings. The summed E-state index contributed by atoms with van der Waals surface area (Å²) in [5.41, 5.74) is -0.227. The van der Waals surface area contributed by atoms with Gasteiger partial charge in [-0.3, -0.25) is 9.59 Å². The minimum atomic E-state index is -0.944. The predicted molar refractivity (Wildman–Crippen MR) is 73.3 cm³/mol. The van der Waals surface area contributed by atoms with Gasteiger partial charge in [-0.1, -0.05) is 0 Å². The molecule has 0 saturated heterocycles. The largest absolute Gasteiger partial charge is 0.493 e. The minimum Gasteiger partial charge on any atom is -0.493 e. The SMILES string of the molecule is COc1ccc(F)c(C(=O)N(C)CCCC(=O)O)c1OC. The molecule has 0 heterocycles. The molecule has 0 aliphatic heterocycles. The van der Waals surface area contributed by atoms with Crippen molar-refractivity contribution in [1.82, 2.24) is 4.90 Å². The number of carbonyl (C=O) groups excluding carboxylic acids is 1. The van der Waals surface area contributed by atoms with Crippen LogP contribution in [0.3, 0.4) is 0 Å². The summed E-state index contributed by atoms with van der Waals surface area (Å²) < 4.78 is 24.0. The van der Waals surface area contributed by atoms with Crippen molar-refractivity contribution < 1.29 is 28.6 Å². The lowest BCUT2D eigenvalue weighted by Crippen LogP contribution is -2.29. The van der Waals surface area contributed by atoms with Gasteiger partial charge in [-0.2, -0.15) is 0 Å². The van der Waals surface area contributed by atoms with Gasteiger partial charge >= 0.3 is 5.97 Å². The number of rotatable bonds is 7. The summed E-state index contributed by atoms with van der Waals surface area (Å²) in [6.07, 6.45) is 0.223. The molecule has 116 valence electrons. The first kappa shape index (κ1) is 16.7. The first-order valence-corrected chi connectivity index (χ1v) is 6.30. The molecule has 0 unspecified atom stereocenters. The first-order chi connectivity index (χ1) is 9.92. The monoisotopic (exact) mass is 299 g/mol. The average Bonchev–Trinajstić information content (AvgIpc) is 2.45. The van der Waals surface area contributed by atoms with E-state index in [4.69, 9.17) is 14.6 Å². The molecule has 0 aromatic heterocycles. The van der Waals surface area contributed by atoms with Crippen LogP contribution in [0.5, 0.6) is 11.5 Å². The van der Waals surface area contributed by atoms with Crippen molar-refractivity contribution in [3.05, 3.63) is 23.5 Å². The highest BCUT2D eigenvalue weighted by Crippen LogP contribution is 2.33. The molecule has 21 heavy (non-hydrogen) atoms. The van der Waals surface area contributed by atoms with E-state index in [-0.39, 0.29) is 36.4 Å². The van der Waals surface area contributed by atoms with Crippen LogP contribution in [0.15, 0.2) is 12.1 Å². The van der Waals surface area contributed by atoms with Crippen LogP contribution in [0.25, 0.3) is 0 Å². The van der Waals surface area contributed by atoms with Gasteiger partial charge in [0.2, 0.25) is 0 Å². The second-order valence-corrected chi connectivity index (χ2v) is 4.38. The molecule has 0 spiro atoms. The number of nitrogens with zero attached hydrogens (tertiary/aromatic N) is 1. The van der Waals surface area contributed by atoms with Crippen LogP contribution in [0.2, 0.25) is 0 Å². The Balaban J connectivity index is 2.98. The number of methoxy groups -OCH3 is 2. The molecular weight excluding hydrogens is 281 g/mol. The number of carbonyl (C=O) groups is 2. The Morgan fingerprint density at radius 1 is 1.29 bits per heavy atom. The molecule has 0 bridgehead atoms. The average molecular weight is 299 g/mol. The summed E-state index contributed by atoms with van der Waals surface area (Å²) in [6, 6.07) is 2.50. The number of hydrogen-bond acceptors (Lipinski definition) is 4. The Hall–Kier alpha value is -2.31. The van der Waals surface area contributed by atoms with Crippen LogP contribution in [0, 0.1) is 5.82 Å². The van der Waals surface area contributed by atoms with Gasteiger partial charge in [-0.05, 0) is 18.6 Å². The number of halogens is 1. The van der Waals surface area contributed by atoms with E-state index in [0.717, 1.165) is 6.07 Å². The zero-order valence-corrected chi connectivity index (χ0v) is 12.2. The van der Waals surface area contributed by atoms with Crippen LogP contribution >= 0.6 is 0 Å². The molecular formula is C14H18FNO5. The Kier molecular flexibility index (Phi) is 5.95. The maximum atomic E-state index is 13.9. The lowest BCUT2D eigenvalue weighted by Gasteiger charge is -2.19. The summed E-state index contributed by atoms with van der Waals surface area (Å²) in [7, 11) is 4.18. The number of carboxylic acid groups (broad SMARTS) is 1. The van der Waals surface area contributed by atoms with Gasteiger partial charge in [0.05, 0.1) is 14.2 Å². The topological polar surface area (TPSA) is 76.1 Å². The fraction of sp³-hybridized carbons (Fsp3) is 0.429. The molecule has 0 saturated carbocycles. The number of amides is 1. The molecule has 1 aromatic rings. The molecule has 6 nitrogen and oxygen atoms in total. The zero-order chi connectivity index (χ0) is 16.0. The van der Waals surface area contributed by atoms with Crippen LogP contribution < -0.4 is 9.47 Å². The normalized spacial score (nSPS) is 10.1. The fourth-order valence-corrected chi connectivity index (χ4v) is 1.86. The highest BCUT2D eigenvalue weighted by atomic mass is 19.1. The molecule has 7 heteroatoms. The second kappa shape index (κ2) is 7.47. The summed E-state index contributed by atoms with van der Waals surface area (Å²) in [6.45, 7) is 0.199. The van der Waals surface area contributed by atoms with E-state index in [1.165, 1.54) is 32.2 Å². The molecule has 0 atom stereocenters. The molecule has 1 aromatic carbocycles. The van der Waals surface area contributed by atoms with E-state index < -0.39 is 17.7 Å². The van der Waals surface area contributed by atoms with Crippen LogP contribution in [0.4, 0.5) is 4.39 Å². The van der Waals surface area contributed by atoms with Crippen molar-refractivity contribution >= 4 is 11.9 Å². The third kappa shape index (κ3) is 4.08. The molecule has 1 rings (SSSR count). The standard InChI is InChI=1S/C14H18FNO5/c1-16(8-4-5-11(17)18)14(19)12-9(15)6-7-10(20-2)13(12)21-3/h6-7H,4-5,8H2,1-3H3,(H,17,18). The van der Waals surface area contributed by atoms with E-state index in [1.54, 1.807) is 0 Å². The third-order valence-corrected chi connectivity index (χ3v) is 2.94. The van der Waals surface area contributed by atoms with Crippen molar-refractivity contribution in [2.45, 2.75) is 12.8 Å². The zero-order valence-electron chi connectivity index (χ0n) is 12.2.